The number of ether oxygens (including phenoxy) is 1. The van der Waals surface area contributed by atoms with E-state index in [-0.39, 0.29) is 12.1 Å². The Morgan fingerprint density at radius 2 is 1.97 bits per heavy atom. The number of hydrogen-bond acceptors (Lipinski definition) is 4. The molecule has 6 nitrogen and oxygen atoms in total. The van der Waals surface area contributed by atoms with Gasteiger partial charge in [0.25, 0.3) is 0 Å². The predicted octanol–water partition coefficient (Wildman–Crippen LogP) is 5.20. The molecule has 0 bridgehead atoms. The number of aromatic nitrogens is 1. The van der Waals surface area contributed by atoms with Gasteiger partial charge in [-0.05, 0) is 56.6 Å². The number of benzene rings is 1. The van der Waals surface area contributed by atoms with E-state index in [4.69, 9.17) is 4.74 Å². The van der Waals surface area contributed by atoms with Gasteiger partial charge in [0.15, 0.2) is 0 Å². The summed E-state index contributed by atoms with van der Waals surface area (Å²) in [6, 6.07) is 11.2. The molecule has 0 spiro atoms. The SMILES string of the molecule is CCOc1ccccc1NC(=O)N[C@@H](C)c1c(-n2cccc2)sc2c1CCN(CC)C2. The van der Waals surface area contributed by atoms with Crippen LogP contribution in [0, 0.1) is 0 Å². The van der Waals surface area contributed by atoms with Crippen molar-refractivity contribution in [3.05, 3.63) is 64.8 Å². The Morgan fingerprint density at radius 1 is 1.19 bits per heavy atom. The van der Waals surface area contributed by atoms with E-state index in [0.29, 0.717) is 18.0 Å². The smallest absolute Gasteiger partial charge is 0.319 e. The highest BCUT2D eigenvalue weighted by Crippen LogP contribution is 2.39. The van der Waals surface area contributed by atoms with E-state index in [1.807, 2.05) is 54.7 Å². The number of para-hydroxylation sites is 2. The molecule has 3 heterocycles. The molecule has 4 rings (SSSR count). The molecule has 0 saturated heterocycles. The van der Waals surface area contributed by atoms with E-state index >= 15 is 0 Å². The molecule has 1 aliphatic rings. The molecule has 2 amide bonds. The Kier molecular flexibility index (Phi) is 6.63. The Bertz CT molecular complexity index is 1030. The molecule has 31 heavy (non-hydrogen) atoms. The molecule has 2 aromatic heterocycles. The van der Waals surface area contributed by atoms with Gasteiger partial charge in [0.1, 0.15) is 10.8 Å². The maximum atomic E-state index is 12.8. The summed E-state index contributed by atoms with van der Waals surface area (Å²) in [7, 11) is 0. The lowest BCUT2D eigenvalue weighted by Gasteiger charge is -2.26. The van der Waals surface area contributed by atoms with Crippen LogP contribution in [0.3, 0.4) is 0 Å². The number of urea groups is 1. The van der Waals surface area contributed by atoms with Crippen molar-refractivity contribution in [1.82, 2.24) is 14.8 Å². The number of carbonyl (C=O) groups excluding carboxylic acids is 1. The van der Waals surface area contributed by atoms with Crippen molar-refractivity contribution in [2.75, 3.05) is 25.0 Å². The second-order valence-electron chi connectivity index (χ2n) is 7.68. The highest BCUT2D eigenvalue weighted by molar-refractivity contribution is 7.15. The maximum absolute atomic E-state index is 12.8. The summed E-state index contributed by atoms with van der Waals surface area (Å²) in [5, 5.41) is 7.29. The van der Waals surface area contributed by atoms with Gasteiger partial charge >= 0.3 is 6.03 Å². The predicted molar refractivity (Wildman–Crippen MR) is 126 cm³/mol. The lowest BCUT2D eigenvalue weighted by molar-refractivity contribution is 0.248. The number of carbonyl (C=O) groups is 1. The molecule has 0 saturated carbocycles. The van der Waals surface area contributed by atoms with Crippen LogP contribution >= 0.6 is 11.3 Å². The van der Waals surface area contributed by atoms with Gasteiger partial charge in [-0.15, -0.1) is 11.3 Å². The van der Waals surface area contributed by atoms with Crippen LogP contribution in [-0.2, 0) is 13.0 Å². The Labute approximate surface area is 187 Å². The summed E-state index contributed by atoms with van der Waals surface area (Å²) in [6.07, 6.45) is 5.16. The first-order chi connectivity index (χ1) is 15.1. The van der Waals surface area contributed by atoms with E-state index < -0.39 is 0 Å². The first-order valence-electron chi connectivity index (χ1n) is 10.9. The summed E-state index contributed by atoms with van der Waals surface area (Å²) in [4.78, 5) is 16.7. The second kappa shape index (κ2) is 9.58. The van der Waals surface area contributed by atoms with Crippen molar-refractivity contribution >= 4 is 23.1 Å². The first kappa shape index (κ1) is 21.5. The number of fused-ring (bicyclic) bond motifs is 1. The lowest BCUT2D eigenvalue weighted by atomic mass is 9.98. The topological polar surface area (TPSA) is 58.5 Å². The highest BCUT2D eigenvalue weighted by atomic mass is 32.1. The van der Waals surface area contributed by atoms with Crippen molar-refractivity contribution < 1.29 is 9.53 Å². The monoisotopic (exact) mass is 438 g/mol. The molecule has 0 fully saturated rings. The van der Waals surface area contributed by atoms with Gasteiger partial charge in [-0.1, -0.05) is 19.1 Å². The minimum Gasteiger partial charge on any atom is -0.492 e. The average molecular weight is 439 g/mol. The molecule has 7 heteroatoms. The average Bonchev–Trinajstić information content (AvgIpc) is 3.42. The van der Waals surface area contributed by atoms with Crippen molar-refractivity contribution in [3.63, 3.8) is 0 Å². The summed E-state index contributed by atoms with van der Waals surface area (Å²) < 4.78 is 7.79. The fraction of sp³-hybridized carbons (Fsp3) is 0.375. The van der Waals surface area contributed by atoms with Gasteiger partial charge in [0, 0.05) is 35.9 Å². The summed E-state index contributed by atoms with van der Waals surface area (Å²) >= 11 is 1.84. The van der Waals surface area contributed by atoms with Crippen LogP contribution < -0.4 is 15.4 Å². The minimum atomic E-state index is -0.232. The number of amides is 2. The lowest BCUT2D eigenvalue weighted by Crippen LogP contribution is -2.33. The van der Waals surface area contributed by atoms with Gasteiger partial charge in [-0.25, -0.2) is 4.79 Å². The van der Waals surface area contributed by atoms with Gasteiger partial charge in [-0.3, -0.25) is 4.90 Å². The molecule has 0 unspecified atom stereocenters. The maximum Gasteiger partial charge on any atom is 0.319 e. The summed E-state index contributed by atoms with van der Waals surface area (Å²) in [6.45, 7) is 9.84. The zero-order valence-corrected chi connectivity index (χ0v) is 19.2. The molecule has 2 N–H and O–H groups in total. The second-order valence-corrected chi connectivity index (χ2v) is 8.76. The fourth-order valence-electron chi connectivity index (χ4n) is 4.12. The zero-order valence-electron chi connectivity index (χ0n) is 18.4. The number of nitrogens with one attached hydrogen (secondary N) is 2. The van der Waals surface area contributed by atoms with E-state index in [2.05, 4.69) is 46.3 Å². The van der Waals surface area contributed by atoms with Gasteiger partial charge in [0.05, 0.1) is 18.3 Å². The third-order valence-electron chi connectivity index (χ3n) is 5.66. The van der Waals surface area contributed by atoms with E-state index in [0.717, 1.165) is 26.1 Å². The van der Waals surface area contributed by atoms with E-state index in [1.54, 1.807) is 0 Å². The number of thiophene rings is 1. The largest absolute Gasteiger partial charge is 0.492 e. The molecular formula is C24H30N4O2S. The molecule has 1 aromatic carbocycles. The van der Waals surface area contributed by atoms with Crippen LogP contribution in [0.1, 0.15) is 42.8 Å². The van der Waals surface area contributed by atoms with Crippen molar-refractivity contribution in [2.45, 2.75) is 39.8 Å². The Morgan fingerprint density at radius 3 is 2.71 bits per heavy atom. The van der Waals surface area contributed by atoms with Crippen molar-refractivity contribution in [1.29, 1.82) is 0 Å². The zero-order chi connectivity index (χ0) is 21.8. The standard InChI is InChI=1S/C24H30N4O2S/c1-4-27-15-12-18-21(16-27)31-23(28-13-8-9-14-28)22(18)17(3)25-24(29)26-19-10-6-7-11-20(19)30-5-2/h6-11,13-14,17H,4-5,12,15-16H2,1-3H3,(H2,25,26,29)/t17-/m0/s1. The molecule has 3 aromatic rings. The van der Waals surface area contributed by atoms with Crippen LogP contribution in [0.2, 0.25) is 0 Å². The summed E-state index contributed by atoms with van der Waals surface area (Å²) in [5.41, 5.74) is 3.28. The number of likely N-dealkylation sites (N-methyl/N-ethyl adjacent to an activating group) is 1. The number of nitrogens with zero attached hydrogens (tertiary/aromatic N) is 2. The first-order valence-corrected chi connectivity index (χ1v) is 11.7. The van der Waals surface area contributed by atoms with Gasteiger partial charge < -0.3 is 19.9 Å². The molecule has 164 valence electrons. The van der Waals surface area contributed by atoms with Crippen LogP contribution in [0.5, 0.6) is 5.75 Å². The molecule has 0 aliphatic carbocycles. The van der Waals surface area contributed by atoms with Crippen LogP contribution in [0.25, 0.3) is 5.00 Å². The van der Waals surface area contributed by atoms with E-state index in [1.165, 1.54) is 21.0 Å². The van der Waals surface area contributed by atoms with E-state index in [9.17, 15) is 4.79 Å². The molecule has 1 aliphatic heterocycles. The molecule has 1 atom stereocenters. The van der Waals surface area contributed by atoms with Crippen molar-refractivity contribution in [3.8, 4) is 10.8 Å². The van der Waals surface area contributed by atoms with Crippen LogP contribution in [-0.4, -0.2) is 35.2 Å². The van der Waals surface area contributed by atoms with Gasteiger partial charge in [-0.2, -0.15) is 0 Å². The number of anilines is 1. The minimum absolute atomic E-state index is 0.121. The van der Waals surface area contributed by atoms with Crippen LogP contribution in [0.4, 0.5) is 10.5 Å². The highest BCUT2D eigenvalue weighted by Gasteiger charge is 2.28. The molecular weight excluding hydrogens is 408 g/mol. The third-order valence-corrected chi connectivity index (χ3v) is 6.91. The molecule has 0 radical (unpaired) electrons. The summed E-state index contributed by atoms with van der Waals surface area (Å²) in [5.74, 6) is 0.674. The third kappa shape index (κ3) is 4.62. The normalized spacial score (nSPS) is 14.7. The quantitative estimate of drug-likeness (QED) is 0.533. The van der Waals surface area contributed by atoms with Crippen LogP contribution in [0.15, 0.2) is 48.8 Å². The van der Waals surface area contributed by atoms with Gasteiger partial charge in [0.2, 0.25) is 0 Å². The fourth-order valence-corrected chi connectivity index (χ4v) is 5.58. The number of rotatable bonds is 7. The Balaban J connectivity index is 1.58. The van der Waals surface area contributed by atoms with Crippen molar-refractivity contribution in [2.24, 2.45) is 0 Å². The Hall–Kier alpha value is -2.77. The number of hydrogen-bond donors (Lipinski definition) is 2.